The van der Waals surface area contributed by atoms with Gasteiger partial charge in [0.05, 0.1) is 15.1 Å². The number of nitrogens with zero attached hydrogens (tertiary/aromatic N) is 2. The molecular weight excluding hydrogens is 340 g/mol. The summed E-state index contributed by atoms with van der Waals surface area (Å²) in [7, 11) is -1.93. The van der Waals surface area contributed by atoms with Crippen LogP contribution in [0.25, 0.3) is 10.2 Å². The second kappa shape index (κ2) is 5.53. The monoisotopic (exact) mass is 352 g/mol. The minimum absolute atomic E-state index is 0.183. The van der Waals surface area contributed by atoms with E-state index in [0.717, 1.165) is 15.8 Å². The van der Waals surface area contributed by atoms with Crippen molar-refractivity contribution in [1.82, 2.24) is 4.57 Å². The number of halogens is 1. The molecule has 0 radical (unpaired) electrons. The molecule has 1 aromatic heterocycles. The van der Waals surface area contributed by atoms with Crippen LogP contribution in [0.1, 0.15) is 5.56 Å². The van der Waals surface area contributed by atoms with Crippen molar-refractivity contribution in [2.75, 3.05) is 0 Å². The third kappa shape index (κ3) is 2.58. The van der Waals surface area contributed by atoms with Crippen molar-refractivity contribution in [2.45, 2.75) is 11.8 Å². The summed E-state index contributed by atoms with van der Waals surface area (Å²) in [6, 6.07) is 11.9. The number of thiazole rings is 1. The highest BCUT2D eigenvalue weighted by Crippen LogP contribution is 2.26. The summed E-state index contributed by atoms with van der Waals surface area (Å²) in [6.45, 7) is 1.91. The fraction of sp³-hybridized carbons (Fsp3) is 0.133. The van der Waals surface area contributed by atoms with Gasteiger partial charge in [0.2, 0.25) is 4.80 Å². The van der Waals surface area contributed by atoms with Crippen molar-refractivity contribution in [2.24, 2.45) is 11.4 Å². The number of aryl methyl sites for hydroxylation is 2. The third-order valence-corrected chi connectivity index (χ3v) is 6.29. The first-order chi connectivity index (χ1) is 10.4. The maximum absolute atomic E-state index is 12.4. The maximum Gasteiger partial charge on any atom is 0.285 e. The van der Waals surface area contributed by atoms with Gasteiger partial charge in [-0.3, -0.25) is 0 Å². The Bertz CT molecular complexity index is 1020. The largest absolute Gasteiger partial charge is 0.319 e. The van der Waals surface area contributed by atoms with Gasteiger partial charge in [0, 0.05) is 12.1 Å². The van der Waals surface area contributed by atoms with E-state index in [1.54, 1.807) is 29.8 Å². The summed E-state index contributed by atoms with van der Waals surface area (Å²) >= 11 is 7.47. The van der Waals surface area contributed by atoms with Gasteiger partial charge >= 0.3 is 0 Å². The molecule has 1 heterocycles. The molecule has 3 aromatic rings. The number of fused-ring (bicyclic) bond motifs is 1. The molecule has 0 aliphatic rings. The normalized spacial score (nSPS) is 13.0. The van der Waals surface area contributed by atoms with E-state index in [4.69, 9.17) is 11.6 Å². The Labute approximate surface area is 137 Å². The van der Waals surface area contributed by atoms with E-state index in [-0.39, 0.29) is 4.90 Å². The highest BCUT2D eigenvalue weighted by atomic mass is 35.5. The number of aromatic nitrogens is 1. The first-order valence-electron chi connectivity index (χ1n) is 6.51. The van der Waals surface area contributed by atoms with Crippen molar-refractivity contribution in [3.63, 3.8) is 0 Å². The van der Waals surface area contributed by atoms with Crippen molar-refractivity contribution < 1.29 is 8.42 Å². The van der Waals surface area contributed by atoms with Gasteiger partial charge in [0.15, 0.2) is 0 Å². The summed E-state index contributed by atoms with van der Waals surface area (Å²) in [4.78, 5) is 0.603. The van der Waals surface area contributed by atoms with E-state index in [1.807, 2.05) is 19.1 Å². The predicted molar refractivity (Wildman–Crippen MR) is 89.7 cm³/mol. The fourth-order valence-corrected chi connectivity index (χ4v) is 4.72. The summed E-state index contributed by atoms with van der Waals surface area (Å²) < 4.78 is 31.5. The number of sulfonamides is 1. The third-order valence-electron chi connectivity index (χ3n) is 3.39. The van der Waals surface area contributed by atoms with Gasteiger partial charge in [-0.2, -0.15) is 8.42 Å². The van der Waals surface area contributed by atoms with Crippen LogP contribution in [-0.2, 0) is 17.1 Å². The Morgan fingerprint density at radius 3 is 2.50 bits per heavy atom. The molecular formula is C15H13ClN2O2S2. The molecule has 0 unspecified atom stereocenters. The Kier molecular flexibility index (Phi) is 3.84. The van der Waals surface area contributed by atoms with Gasteiger partial charge in [-0.1, -0.05) is 41.1 Å². The van der Waals surface area contributed by atoms with Crippen LogP contribution in [0.2, 0.25) is 5.02 Å². The summed E-state index contributed by atoms with van der Waals surface area (Å²) in [5.74, 6) is 0. The lowest BCUT2D eigenvalue weighted by Crippen LogP contribution is -2.14. The summed E-state index contributed by atoms with van der Waals surface area (Å²) in [5.41, 5.74) is 1.82. The smallest absolute Gasteiger partial charge is 0.285 e. The van der Waals surface area contributed by atoms with Crippen LogP contribution >= 0.6 is 22.9 Å². The van der Waals surface area contributed by atoms with Gasteiger partial charge in [-0.15, -0.1) is 4.40 Å². The van der Waals surface area contributed by atoms with Crippen LogP contribution < -0.4 is 4.80 Å². The molecule has 0 spiro atoms. The zero-order valence-corrected chi connectivity index (χ0v) is 14.3. The van der Waals surface area contributed by atoms with Gasteiger partial charge in [0.25, 0.3) is 10.0 Å². The Morgan fingerprint density at radius 1 is 1.14 bits per heavy atom. The zero-order valence-electron chi connectivity index (χ0n) is 11.9. The summed E-state index contributed by atoms with van der Waals surface area (Å²) in [6.07, 6.45) is 0. The van der Waals surface area contributed by atoms with E-state index < -0.39 is 10.0 Å². The minimum Gasteiger partial charge on any atom is -0.319 e. The van der Waals surface area contributed by atoms with Gasteiger partial charge in [-0.25, -0.2) is 0 Å². The molecule has 7 heteroatoms. The van der Waals surface area contributed by atoms with Crippen LogP contribution in [0, 0.1) is 6.92 Å². The molecule has 0 amide bonds. The van der Waals surface area contributed by atoms with Crippen LogP contribution in [0.5, 0.6) is 0 Å². The molecule has 2 aromatic carbocycles. The fourth-order valence-electron chi connectivity index (χ4n) is 2.24. The van der Waals surface area contributed by atoms with Gasteiger partial charge < -0.3 is 4.57 Å². The highest BCUT2D eigenvalue weighted by molar-refractivity contribution is 7.90. The number of hydrogen-bond donors (Lipinski definition) is 0. The van der Waals surface area contributed by atoms with Gasteiger partial charge in [-0.05, 0) is 36.8 Å². The van der Waals surface area contributed by atoms with E-state index in [9.17, 15) is 8.42 Å². The molecule has 0 N–H and O–H groups in total. The molecule has 0 saturated carbocycles. The lowest BCUT2D eigenvalue weighted by Gasteiger charge is -2.02. The molecule has 114 valence electrons. The molecule has 0 fully saturated rings. The lowest BCUT2D eigenvalue weighted by atomic mass is 10.2. The average molecular weight is 353 g/mol. The first-order valence-corrected chi connectivity index (χ1v) is 9.14. The molecule has 3 rings (SSSR count). The number of hydrogen-bond acceptors (Lipinski definition) is 3. The second-order valence-electron chi connectivity index (χ2n) is 4.84. The number of benzene rings is 2. The topological polar surface area (TPSA) is 51.4 Å². The Hall–Kier alpha value is -1.63. The molecule has 4 nitrogen and oxygen atoms in total. The van der Waals surface area contributed by atoms with Crippen LogP contribution in [-0.4, -0.2) is 13.0 Å². The predicted octanol–water partition coefficient (Wildman–Crippen LogP) is 3.49. The van der Waals surface area contributed by atoms with E-state index in [1.165, 1.54) is 23.5 Å². The minimum atomic E-state index is -3.72. The SMILES string of the molecule is Cc1c(Cl)ccc2sc(=NS(=O)(=O)c3ccccc3)n(C)c12. The van der Waals surface area contributed by atoms with Crippen molar-refractivity contribution >= 4 is 43.2 Å². The zero-order chi connectivity index (χ0) is 15.9. The Morgan fingerprint density at radius 2 is 1.82 bits per heavy atom. The first kappa shape index (κ1) is 15.3. The van der Waals surface area contributed by atoms with E-state index in [0.29, 0.717) is 9.82 Å². The molecule has 0 atom stereocenters. The highest BCUT2D eigenvalue weighted by Gasteiger charge is 2.14. The van der Waals surface area contributed by atoms with Crippen molar-refractivity contribution in [1.29, 1.82) is 0 Å². The Balaban J connectivity index is 2.27. The van der Waals surface area contributed by atoms with Gasteiger partial charge in [0.1, 0.15) is 0 Å². The average Bonchev–Trinajstić information content (AvgIpc) is 2.80. The number of rotatable bonds is 2. The standard InChI is InChI=1S/C15H13ClN2O2S2/c1-10-12(16)8-9-13-14(10)18(2)15(21-13)17-22(19,20)11-6-4-3-5-7-11/h3-9H,1-2H3. The van der Waals surface area contributed by atoms with Crippen LogP contribution in [0.15, 0.2) is 51.8 Å². The molecule has 22 heavy (non-hydrogen) atoms. The second-order valence-corrected chi connectivity index (χ2v) is 7.86. The quantitative estimate of drug-likeness (QED) is 0.708. The maximum atomic E-state index is 12.4. The molecule has 0 bridgehead atoms. The molecule has 0 aliphatic carbocycles. The molecule has 0 saturated heterocycles. The van der Waals surface area contributed by atoms with Crippen LogP contribution in [0.4, 0.5) is 0 Å². The van der Waals surface area contributed by atoms with Crippen molar-refractivity contribution in [3.05, 3.63) is 57.9 Å². The van der Waals surface area contributed by atoms with E-state index >= 15 is 0 Å². The molecule has 0 aliphatic heterocycles. The van der Waals surface area contributed by atoms with Crippen molar-refractivity contribution in [3.8, 4) is 0 Å². The van der Waals surface area contributed by atoms with E-state index in [2.05, 4.69) is 4.40 Å². The van der Waals surface area contributed by atoms with Crippen LogP contribution in [0.3, 0.4) is 0 Å². The summed E-state index contributed by atoms with van der Waals surface area (Å²) in [5, 5.41) is 0.651. The lowest BCUT2D eigenvalue weighted by molar-refractivity contribution is 0.596.